The van der Waals surface area contributed by atoms with Gasteiger partial charge in [-0.3, -0.25) is 4.79 Å². The molecule has 0 aliphatic rings. The number of ether oxygens (including phenoxy) is 1. The highest BCUT2D eigenvalue weighted by molar-refractivity contribution is 6.11. The van der Waals surface area contributed by atoms with E-state index in [1.165, 1.54) is 0 Å². The summed E-state index contributed by atoms with van der Waals surface area (Å²) in [5, 5.41) is 2.91. The number of anilines is 1. The minimum Gasteiger partial charge on any atom is -0.462 e. The first kappa shape index (κ1) is 20.5. The zero-order chi connectivity index (χ0) is 22.0. The zero-order valence-corrected chi connectivity index (χ0v) is 17.8. The van der Waals surface area contributed by atoms with Gasteiger partial charge in [-0.2, -0.15) is 0 Å². The van der Waals surface area contributed by atoms with E-state index in [9.17, 15) is 9.59 Å². The molecule has 2 heterocycles. The molecule has 1 atom stereocenters. The number of fused-ring (bicyclic) bond motifs is 2. The van der Waals surface area contributed by atoms with Crippen molar-refractivity contribution in [3.63, 3.8) is 0 Å². The van der Waals surface area contributed by atoms with E-state index in [-0.39, 0.29) is 30.5 Å². The molecule has 4 rings (SSSR count). The first-order valence-electron chi connectivity index (χ1n) is 10.4. The number of hydrogen-bond donors (Lipinski definition) is 1. The number of para-hydroxylation sites is 2. The predicted octanol–water partition coefficient (Wildman–Crippen LogP) is 4.72. The third-order valence-electron chi connectivity index (χ3n) is 5.22. The fourth-order valence-electron chi connectivity index (χ4n) is 3.66. The van der Waals surface area contributed by atoms with Gasteiger partial charge in [0.2, 0.25) is 5.91 Å². The number of amides is 1. The molecule has 31 heavy (non-hydrogen) atoms. The van der Waals surface area contributed by atoms with E-state index in [4.69, 9.17) is 14.7 Å². The average Bonchev–Trinajstić information content (AvgIpc) is 3.10. The fraction of sp³-hybridized carbons (Fsp3) is 0.250. The Kier molecular flexibility index (Phi) is 5.66. The summed E-state index contributed by atoms with van der Waals surface area (Å²) in [7, 11) is 0. The zero-order valence-electron chi connectivity index (χ0n) is 17.8. The van der Waals surface area contributed by atoms with E-state index < -0.39 is 5.97 Å². The maximum absolute atomic E-state index is 13.0. The van der Waals surface area contributed by atoms with Gasteiger partial charge in [0, 0.05) is 6.42 Å². The number of rotatable bonds is 6. The number of hydrogen-bond acceptors (Lipinski definition) is 5. The largest absolute Gasteiger partial charge is 0.462 e. The van der Waals surface area contributed by atoms with Gasteiger partial charge in [-0.15, -0.1) is 0 Å². The van der Waals surface area contributed by atoms with Gasteiger partial charge in [-0.05, 0) is 31.5 Å². The van der Waals surface area contributed by atoms with E-state index in [0.29, 0.717) is 28.0 Å². The second kappa shape index (κ2) is 8.55. The topological polar surface area (TPSA) is 86.1 Å². The minimum atomic E-state index is -0.539. The van der Waals surface area contributed by atoms with Gasteiger partial charge in [0.25, 0.3) is 0 Å². The first-order valence-corrected chi connectivity index (χ1v) is 10.4. The molecule has 0 saturated carbocycles. The highest BCUT2D eigenvalue weighted by Gasteiger charge is 2.30. The summed E-state index contributed by atoms with van der Waals surface area (Å²) >= 11 is 0. The van der Waals surface area contributed by atoms with Crippen molar-refractivity contribution in [3.05, 3.63) is 65.7 Å². The molecule has 0 aliphatic heterocycles. The van der Waals surface area contributed by atoms with Crippen molar-refractivity contribution in [2.24, 2.45) is 0 Å². The van der Waals surface area contributed by atoms with Gasteiger partial charge in [-0.25, -0.2) is 14.8 Å². The second-order valence-electron chi connectivity index (χ2n) is 7.19. The summed E-state index contributed by atoms with van der Waals surface area (Å²) in [4.78, 5) is 35.0. The first-order chi connectivity index (χ1) is 15.0. The normalized spacial score (nSPS) is 12.1. The minimum absolute atomic E-state index is 0.209. The van der Waals surface area contributed by atoms with Crippen LogP contribution in [0.1, 0.15) is 49.2 Å². The lowest BCUT2D eigenvalue weighted by molar-refractivity contribution is -0.115. The number of nitrogens with zero attached hydrogens (tertiary/aromatic N) is 3. The summed E-state index contributed by atoms with van der Waals surface area (Å²) in [5.41, 5.74) is 3.53. The van der Waals surface area contributed by atoms with Gasteiger partial charge in [0.1, 0.15) is 16.9 Å². The number of carbonyl (C=O) groups is 2. The van der Waals surface area contributed by atoms with Crippen molar-refractivity contribution in [1.29, 1.82) is 0 Å². The molecule has 0 bridgehead atoms. The van der Waals surface area contributed by atoms with Crippen LogP contribution in [0, 0.1) is 0 Å². The molecular formula is C24H24N4O3. The van der Waals surface area contributed by atoms with Crippen molar-refractivity contribution in [2.75, 3.05) is 11.9 Å². The van der Waals surface area contributed by atoms with Crippen molar-refractivity contribution in [1.82, 2.24) is 14.5 Å². The molecule has 2 aromatic carbocycles. The van der Waals surface area contributed by atoms with E-state index in [2.05, 4.69) is 5.32 Å². The van der Waals surface area contributed by atoms with Gasteiger partial charge >= 0.3 is 5.97 Å². The highest BCUT2D eigenvalue weighted by atomic mass is 16.5. The maximum Gasteiger partial charge on any atom is 0.344 e. The summed E-state index contributed by atoms with van der Waals surface area (Å²) in [6, 6.07) is 17.1. The van der Waals surface area contributed by atoms with E-state index in [0.717, 1.165) is 5.56 Å². The summed E-state index contributed by atoms with van der Waals surface area (Å²) in [5.74, 6) is -0.395. The van der Waals surface area contributed by atoms with E-state index in [1.807, 2.05) is 66.1 Å². The Morgan fingerprint density at radius 3 is 2.29 bits per heavy atom. The van der Waals surface area contributed by atoms with Crippen LogP contribution in [-0.2, 0) is 9.53 Å². The van der Waals surface area contributed by atoms with Crippen molar-refractivity contribution in [3.8, 4) is 0 Å². The molecule has 1 N–H and O–H groups in total. The van der Waals surface area contributed by atoms with Crippen molar-refractivity contribution < 1.29 is 14.3 Å². The Hall–Kier alpha value is -3.74. The van der Waals surface area contributed by atoms with Gasteiger partial charge in [0.15, 0.2) is 5.65 Å². The molecule has 158 valence electrons. The summed E-state index contributed by atoms with van der Waals surface area (Å²) in [6.07, 6.45) is 0.270. The predicted molar refractivity (Wildman–Crippen MR) is 120 cm³/mol. The summed E-state index contributed by atoms with van der Waals surface area (Å²) < 4.78 is 7.20. The molecule has 7 heteroatoms. The lowest BCUT2D eigenvalue weighted by Crippen LogP contribution is -2.19. The Balaban J connectivity index is 2.08. The monoisotopic (exact) mass is 416 g/mol. The Labute approximate surface area is 180 Å². The lowest BCUT2D eigenvalue weighted by Gasteiger charge is -2.19. The molecule has 1 unspecified atom stereocenters. The van der Waals surface area contributed by atoms with Crippen LogP contribution in [0.15, 0.2) is 54.6 Å². The van der Waals surface area contributed by atoms with Crippen LogP contribution in [0.4, 0.5) is 5.82 Å². The van der Waals surface area contributed by atoms with Crippen molar-refractivity contribution >= 4 is 39.9 Å². The van der Waals surface area contributed by atoms with Crippen LogP contribution in [0.25, 0.3) is 22.2 Å². The third kappa shape index (κ3) is 3.74. The smallest absolute Gasteiger partial charge is 0.344 e. The Bertz CT molecular complexity index is 1260. The SMILES string of the molecule is CCOC(=O)c1c(NC(=O)CC)n(C(C)c2ccccc2)c2nc3ccccc3nc12. The molecule has 1 amide bonds. The standard InChI is InChI=1S/C24H24N4O3/c1-4-19(29)27-22-20(24(30)31-5-2)21-23(26-18-14-10-9-13-17(18)25-21)28(22)15(3)16-11-7-6-8-12-16/h6-15H,4-5H2,1-3H3,(H,27,29). The Morgan fingerprint density at radius 2 is 1.65 bits per heavy atom. The highest BCUT2D eigenvalue weighted by Crippen LogP contribution is 2.35. The van der Waals surface area contributed by atoms with Crippen molar-refractivity contribution in [2.45, 2.75) is 33.2 Å². The van der Waals surface area contributed by atoms with Crippen LogP contribution in [0.3, 0.4) is 0 Å². The van der Waals surface area contributed by atoms with Crippen LogP contribution in [-0.4, -0.2) is 33.0 Å². The molecule has 0 saturated heterocycles. The van der Waals surface area contributed by atoms with E-state index >= 15 is 0 Å². The average molecular weight is 416 g/mol. The maximum atomic E-state index is 13.0. The fourth-order valence-corrected chi connectivity index (χ4v) is 3.66. The van der Waals surface area contributed by atoms with Gasteiger partial charge in [0.05, 0.1) is 23.7 Å². The molecular weight excluding hydrogens is 392 g/mol. The molecule has 0 radical (unpaired) electrons. The lowest BCUT2D eigenvalue weighted by atomic mass is 10.1. The molecule has 7 nitrogen and oxygen atoms in total. The number of benzene rings is 2. The molecule has 4 aromatic rings. The number of carbonyl (C=O) groups excluding carboxylic acids is 2. The van der Waals surface area contributed by atoms with Gasteiger partial charge < -0.3 is 14.6 Å². The van der Waals surface area contributed by atoms with E-state index in [1.54, 1.807) is 13.8 Å². The summed E-state index contributed by atoms with van der Waals surface area (Å²) in [6.45, 7) is 5.72. The van der Waals surface area contributed by atoms with Crippen LogP contribution in [0.5, 0.6) is 0 Å². The quantitative estimate of drug-likeness (QED) is 0.460. The van der Waals surface area contributed by atoms with Gasteiger partial charge in [-0.1, -0.05) is 49.4 Å². The molecule has 0 aliphatic carbocycles. The molecule has 2 aromatic heterocycles. The molecule has 0 fully saturated rings. The number of esters is 1. The van der Waals surface area contributed by atoms with Crippen LogP contribution >= 0.6 is 0 Å². The molecule has 0 spiro atoms. The Morgan fingerprint density at radius 1 is 1.00 bits per heavy atom. The number of aromatic nitrogens is 3. The van der Waals surface area contributed by atoms with Crippen LogP contribution < -0.4 is 5.32 Å². The second-order valence-corrected chi connectivity index (χ2v) is 7.19. The third-order valence-corrected chi connectivity index (χ3v) is 5.22. The van der Waals surface area contributed by atoms with Crippen LogP contribution in [0.2, 0.25) is 0 Å². The number of nitrogens with one attached hydrogen (secondary N) is 1.